The highest BCUT2D eigenvalue weighted by molar-refractivity contribution is 8.02. The van der Waals surface area contributed by atoms with Crippen molar-refractivity contribution >= 4 is 17.6 Å². The average Bonchev–Trinajstić information content (AvgIpc) is 2.26. The van der Waals surface area contributed by atoms with Crippen LogP contribution in [0.5, 0.6) is 0 Å². The van der Waals surface area contributed by atoms with Gasteiger partial charge in [0.05, 0.1) is 11.2 Å². The summed E-state index contributed by atoms with van der Waals surface area (Å²) in [5.41, 5.74) is 0. The van der Waals surface area contributed by atoms with Gasteiger partial charge >= 0.3 is 0 Å². The fraction of sp³-hybridized carbons (Fsp3) is 0.583. The molecule has 0 spiro atoms. The van der Waals surface area contributed by atoms with Crippen molar-refractivity contribution in [1.82, 2.24) is 10.6 Å². The number of hydrogen-bond acceptors (Lipinski definition) is 3. The number of allylic oxidation sites excluding steroid dienone is 2. The van der Waals surface area contributed by atoms with Crippen molar-refractivity contribution in [1.29, 1.82) is 0 Å². The summed E-state index contributed by atoms with van der Waals surface area (Å²) in [4.78, 5) is 4.08. The zero-order valence-corrected chi connectivity index (χ0v) is 11.7. The number of thioether (sulfide) groups is 1. The molecule has 0 aromatic carbocycles. The Kier molecular flexibility index (Phi) is 8.81. The summed E-state index contributed by atoms with van der Waals surface area (Å²) in [5.74, 6) is 1.94. The third kappa shape index (κ3) is 7.40. The summed E-state index contributed by atoms with van der Waals surface area (Å²) < 4.78 is 0. The lowest BCUT2D eigenvalue weighted by atomic mass is 10.4. The summed E-state index contributed by atoms with van der Waals surface area (Å²) in [7, 11) is 1.78. The van der Waals surface area contributed by atoms with Crippen LogP contribution >= 0.6 is 11.8 Å². The lowest BCUT2D eigenvalue weighted by Crippen LogP contribution is -2.33. The van der Waals surface area contributed by atoms with Crippen molar-refractivity contribution in [3.8, 4) is 0 Å². The van der Waals surface area contributed by atoms with Crippen molar-refractivity contribution in [2.75, 3.05) is 7.05 Å². The number of amidine groups is 1. The Morgan fingerprint density at radius 2 is 2.19 bits per heavy atom. The molecule has 2 N–H and O–H groups in total. The van der Waals surface area contributed by atoms with Crippen LogP contribution in [0.25, 0.3) is 0 Å². The minimum Gasteiger partial charge on any atom is -0.360 e. The van der Waals surface area contributed by atoms with Gasteiger partial charge in [-0.1, -0.05) is 13.0 Å². The maximum atomic E-state index is 4.08. The molecule has 0 radical (unpaired) electrons. The van der Waals surface area contributed by atoms with E-state index in [1.165, 1.54) is 0 Å². The number of hydrogen-bond donors (Lipinski definition) is 2. The normalized spacial score (nSPS) is 15.3. The predicted molar refractivity (Wildman–Crippen MR) is 75.5 cm³/mol. The highest BCUT2D eigenvalue weighted by Gasteiger charge is 2.02. The van der Waals surface area contributed by atoms with Gasteiger partial charge in [0.15, 0.2) is 0 Å². The zero-order valence-electron chi connectivity index (χ0n) is 10.9. The Morgan fingerprint density at radius 3 is 2.69 bits per heavy atom. The Hall–Kier alpha value is -0.900. The minimum absolute atomic E-state index is 0.339. The van der Waals surface area contributed by atoms with Gasteiger partial charge < -0.3 is 10.6 Å². The van der Waals surface area contributed by atoms with Crippen molar-refractivity contribution in [2.45, 2.75) is 39.5 Å². The van der Waals surface area contributed by atoms with E-state index >= 15 is 0 Å². The molecule has 0 rings (SSSR count). The molecule has 92 valence electrons. The number of rotatable bonds is 6. The number of aliphatic imine (C=N–C) groups is 1. The number of nitrogens with one attached hydrogen (secondary N) is 2. The van der Waals surface area contributed by atoms with E-state index in [-0.39, 0.29) is 0 Å². The van der Waals surface area contributed by atoms with Gasteiger partial charge in [0.2, 0.25) is 0 Å². The van der Waals surface area contributed by atoms with E-state index in [2.05, 4.69) is 41.0 Å². The fourth-order valence-electron chi connectivity index (χ4n) is 1.05. The van der Waals surface area contributed by atoms with Crippen LogP contribution in [-0.4, -0.2) is 18.3 Å². The molecule has 0 heterocycles. The largest absolute Gasteiger partial charge is 0.360 e. The molecule has 0 aromatic heterocycles. The van der Waals surface area contributed by atoms with E-state index in [1.807, 2.05) is 19.9 Å². The SMILES string of the molecule is C/C=C\SC(C)N/C(=C/CC)NC(C)=NC. The maximum Gasteiger partial charge on any atom is 0.101 e. The quantitative estimate of drug-likeness (QED) is 0.426. The molecule has 4 heteroatoms. The van der Waals surface area contributed by atoms with E-state index in [1.54, 1.807) is 18.8 Å². The lowest BCUT2D eigenvalue weighted by molar-refractivity contribution is 0.753. The predicted octanol–water partition coefficient (Wildman–Crippen LogP) is 3.08. The lowest BCUT2D eigenvalue weighted by Gasteiger charge is -2.17. The van der Waals surface area contributed by atoms with Crippen molar-refractivity contribution in [3.05, 3.63) is 23.4 Å². The van der Waals surface area contributed by atoms with Crippen LogP contribution in [0.1, 0.15) is 34.1 Å². The summed E-state index contributed by atoms with van der Waals surface area (Å²) in [6.07, 6.45) is 5.16. The standard InChI is InChI=1S/C12H23N3S/c1-6-8-12(14-10(3)13-5)15-11(4)16-9-7-2/h7-9,11,15H,6H2,1-5H3,(H,13,14)/b9-7-,12-8+. The summed E-state index contributed by atoms with van der Waals surface area (Å²) >= 11 is 1.75. The first-order valence-electron chi connectivity index (χ1n) is 5.57. The van der Waals surface area contributed by atoms with Crippen molar-refractivity contribution in [2.24, 2.45) is 4.99 Å². The van der Waals surface area contributed by atoms with Gasteiger partial charge in [-0.15, -0.1) is 11.8 Å². The molecule has 0 bridgehead atoms. The molecule has 1 atom stereocenters. The van der Waals surface area contributed by atoms with E-state index < -0.39 is 0 Å². The molecule has 0 aliphatic carbocycles. The van der Waals surface area contributed by atoms with E-state index in [4.69, 9.17) is 0 Å². The molecule has 0 amide bonds. The van der Waals surface area contributed by atoms with Gasteiger partial charge in [0.25, 0.3) is 0 Å². The Balaban J connectivity index is 4.28. The van der Waals surface area contributed by atoms with E-state index in [0.29, 0.717) is 5.37 Å². The molecular weight excluding hydrogens is 218 g/mol. The molecule has 0 saturated heterocycles. The van der Waals surface area contributed by atoms with Crippen LogP contribution in [0, 0.1) is 0 Å². The second kappa shape index (κ2) is 9.33. The molecule has 1 unspecified atom stereocenters. The zero-order chi connectivity index (χ0) is 12.4. The average molecular weight is 241 g/mol. The van der Waals surface area contributed by atoms with Gasteiger partial charge in [-0.2, -0.15) is 0 Å². The van der Waals surface area contributed by atoms with E-state index in [9.17, 15) is 0 Å². The van der Waals surface area contributed by atoms with Gasteiger partial charge in [-0.25, -0.2) is 0 Å². The van der Waals surface area contributed by atoms with Crippen molar-refractivity contribution in [3.63, 3.8) is 0 Å². The van der Waals surface area contributed by atoms with Crippen LogP contribution in [-0.2, 0) is 0 Å². The molecule has 0 saturated carbocycles. The molecule has 0 aliphatic rings. The summed E-state index contributed by atoms with van der Waals surface area (Å²) in [6.45, 7) is 8.23. The summed E-state index contributed by atoms with van der Waals surface area (Å²) in [6, 6.07) is 0. The minimum atomic E-state index is 0.339. The molecule has 0 aromatic rings. The molecule has 16 heavy (non-hydrogen) atoms. The van der Waals surface area contributed by atoms with E-state index in [0.717, 1.165) is 18.1 Å². The van der Waals surface area contributed by atoms with Crippen LogP contribution < -0.4 is 10.6 Å². The van der Waals surface area contributed by atoms with Gasteiger partial charge in [-0.3, -0.25) is 4.99 Å². The summed E-state index contributed by atoms with van der Waals surface area (Å²) in [5, 5.41) is 9.06. The third-order valence-corrected chi connectivity index (χ3v) is 2.79. The smallest absolute Gasteiger partial charge is 0.101 e. The Labute approximate surface area is 103 Å². The second-order valence-electron chi connectivity index (χ2n) is 3.35. The second-order valence-corrected chi connectivity index (χ2v) is 4.60. The first-order chi connectivity index (χ1) is 7.63. The fourth-order valence-corrected chi connectivity index (χ4v) is 1.64. The first-order valence-corrected chi connectivity index (χ1v) is 6.52. The van der Waals surface area contributed by atoms with Gasteiger partial charge in [0.1, 0.15) is 5.82 Å². The van der Waals surface area contributed by atoms with Crippen LogP contribution in [0.4, 0.5) is 0 Å². The first kappa shape index (κ1) is 15.1. The van der Waals surface area contributed by atoms with Crippen LogP contribution in [0.2, 0.25) is 0 Å². The molecular formula is C12H23N3S. The van der Waals surface area contributed by atoms with Gasteiger partial charge in [-0.05, 0) is 38.7 Å². The van der Waals surface area contributed by atoms with Crippen LogP contribution in [0.15, 0.2) is 28.4 Å². The molecule has 0 aliphatic heterocycles. The molecule has 0 fully saturated rings. The van der Waals surface area contributed by atoms with Gasteiger partial charge in [0, 0.05) is 7.05 Å². The Bertz CT molecular complexity index is 269. The maximum absolute atomic E-state index is 4.08. The monoisotopic (exact) mass is 241 g/mol. The Morgan fingerprint density at radius 1 is 1.50 bits per heavy atom. The highest BCUT2D eigenvalue weighted by Crippen LogP contribution is 2.09. The van der Waals surface area contributed by atoms with Crippen molar-refractivity contribution < 1.29 is 0 Å². The van der Waals surface area contributed by atoms with Crippen LogP contribution in [0.3, 0.4) is 0 Å². The molecule has 3 nitrogen and oxygen atoms in total. The number of nitrogens with zero attached hydrogens (tertiary/aromatic N) is 1. The topological polar surface area (TPSA) is 36.4 Å². The third-order valence-electron chi connectivity index (χ3n) is 1.84. The highest BCUT2D eigenvalue weighted by atomic mass is 32.2.